The van der Waals surface area contributed by atoms with Crippen LogP contribution in [0.1, 0.15) is 47.3 Å². The van der Waals surface area contributed by atoms with E-state index in [0.29, 0.717) is 5.69 Å². The highest BCUT2D eigenvalue weighted by molar-refractivity contribution is 7.07. The van der Waals surface area contributed by atoms with E-state index in [1.807, 2.05) is 10.3 Å². The second kappa shape index (κ2) is 6.89. The van der Waals surface area contributed by atoms with Crippen molar-refractivity contribution in [1.82, 2.24) is 14.8 Å². The molecule has 1 spiro atoms. The maximum atomic E-state index is 12.8. The van der Waals surface area contributed by atoms with Gasteiger partial charge in [0.2, 0.25) is 0 Å². The van der Waals surface area contributed by atoms with Gasteiger partial charge in [0, 0.05) is 30.6 Å². The van der Waals surface area contributed by atoms with Crippen LogP contribution in [0.25, 0.3) is 0 Å². The minimum absolute atomic E-state index is 0.100. The first-order valence-corrected chi connectivity index (χ1v) is 10.1. The second-order valence-electron chi connectivity index (χ2n) is 7.38. The molecular formula is C20H25N3OS. The lowest BCUT2D eigenvalue weighted by Gasteiger charge is -2.46. The molecule has 2 saturated heterocycles. The van der Waals surface area contributed by atoms with Crippen LogP contribution in [0.15, 0.2) is 35.2 Å². The summed E-state index contributed by atoms with van der Waals surface area (Å²) in [5, 5.41) is 1.86. The lowest BCUT2D eigenvalue weighted by atomic mass is 9.86. The molecule has 3 heterocycles. The molecule has 4 rings (SSSR count). The molecule has 2 aliphatic heterocycles. The molecule has 0 bridgehead atoms. The number of rotatable bonds is 3. The van der Waals surface area contributed by atoms with Gasteiger partial charge in [-0.2, -0.15) is 0 Å². The number of amides is 1. The molecule has 1 aromatic carbocycles. The number of benzene rings is 1. The molecular weight excluding hydrogens is 330 g/mol. The van der Waals surface area contributed by atoms with Gasteiger partial charge in [0.25, 0.3) is 5.91 Å². The molecule has 25 heavy (non-hydrogen) atoms. The van der Waals surface area contributed by atoms with Gasteiger partial charge in [-0.25, -0.2) is 4.98 Å². The number of aryl methyl sites for hydroxylation is 1. The minimum Gasteiger partial charge on any atom is -0.335 e. The Labute approximate surface area is 153 Å². The Bertz CT molecular complexity index is 745. The molecule has 1 atom stereocenters. The molecule has 2 aromatic rings. The van der Waals surface area contributed by atoms with Crippen LogP contribution < -0.4 is 0 Å². The van der Waals surface area contributed by atoms with Gasteiger partial charge < -0.3 is 4.90 Å². The first kappa shape index (κ1) is 16.7. The number of hydrogen-bond donors (Lipinski definition) is 0. The first-order chi connectivity index (χ1) is 12.2. The van der Waals surface area contributed by atoms with Crippen LogP contribution >= 0.6 is 11.3 Å². The average molecular weight is 356 g/mol. The fourth-order valence-corrected chi connectivity index (χ4v) is 4.99. The van der Waals surface area contributed by atoms with Crippen molar-refractivity contribution >= 4 is 17.2 Å². The van der Waals surface area contributed by atoms with Gasteiger partial charge in [-0.3, -0.25) is 9.69 Å². The van der Waals surface area contributed by atoms with Crippen LogP contribution in [-0.2, 0) is 6.54 Å². The molecule has 1 amide bonds. The number of hydrogen-bond acceptors (Lipinski definition) is 4. The standard InChI is InChI=1S/C20H25N3OS/c1-16-6-2-3-7-17(16)12-23-11-5-9-20(23)8-4-10-22(14-20)19(24)18-13-25-15-21-18/h2-3,6-7,13,15H,4-5,8-12,14H2,1H3. The van der Waals surface area contributed by atoms with Crippen molar-refractivity contribution in [3.05, 3.63) is 52.0 Å². The highest BCUT2D eigenvalue weighted by Gasteiger charge is 2.45. The summed E-state index contributed by atoms with van der Waals surface area (Å²) in [6.45, 7) is 6.01. The summed E-state index contributed by atoms with van der Waals surface area (Å²) in [7, 11) is 0. The van der Waals surface area contributed by atoms with E-state index in [0.717, 1.165) is 32.6 Å². The van der Waals surface area contributed by atoms with Crippen molar-refractivity contribution in [1.29, 1.82) is 0 Å². The third-order valence-electron chi connectivity index (χ3n) is 5.86. The smallest absolute Gasteiger partial charge is 0.273 e. The van der Waals surface area contributed by atoms with Crippen molar-refractivity contribution in [2.24, 2.45) is 0 Å². The summed E-state index contributed by atoms with van der Waals surface area (Å²) in [4.78, 5) is 21.7. The van der Waals surface area contributed by atoms with Gasteiger partial charge >= 0.3 is 0 Å². The molecule has 1 unspecified atom stereocenters. The topological polar surface area (TPSA) is 36.4 Å². The largest absolute Gasteiger partial charge is 0.335 e. The van der Waals surface area contributed by atoms with Gasteiger partial charge in [-0.15, -0.1) is 11.3 Å². The molecule has 132 valence electrons. The fourth-order valence-electron chi connectivity index (χ4n) is 4.46. The molecule has 2 fully saturated rings. The van der Waals surface area contributed by atoms with E-state index in [1.54, 1.807) is 5.51 Å². The molecule has 0 aliphatic carbocycles. The summed E-state index contributed by atoms with van der Waals surface area (Å²) in [6.07, 6.45) is 4.70. The molecule has 2 aliphatic rings. The van der Waals surface area contributed by atoms with Gasteiger partial charge in [-0.1, -0.05) is 24.3 Å². The minimum atomic E-state index is 0.100. The predicted molar refractivity (Wildman–Crippen MR) is 101 cm³/mol. The van der Waals surface area contributed by atoms with Gasteiger partial charge in [0.15, 0.2) is 0 Å². The Hall–Kier alpha value is -1.72. The van der Waals surface area contributed by atoms with E-state index < -0.39 is 0 Å². The maximum absolute atomic E-state index is 12.8. The molecule has 0 saturated carbocycles. The number of thiazole rings is 1. The number of likely N-dealkylation sites (tertiary alicyclic amines) is 2. The summed E-state index contributed by atoms with van der Waals surface area (Å²) in [5.41, 5.74) is 5.26. The first-order valence-electron chi connectivity index (χ1n) is 9.15. The van der Waals surface area contributed by atoms with Crippen molar-refractivity contribution in [2.45, 2.75) is 44.7 Å². The van der Waals surface area contributed by atoms with E-state index >= 15 is 0 Å². The Morgan fingerprint density at radius 2 is 2.04 bits per heavy atom. The number of aromatic nitrogens is 1. The third kappa shape index (κ3) is 3.23. The Kier molecular flexibility index (Phi) is 4.61. The van der Waals surface area contributed by atoms with E-state index in [1.165, 1.54) is 41.7 Å². The predicted octanol–water partition coefficient (Wildman–Crippen LogP) is 3.72. The van der Waals surface area contributed by atoms with Crippen LogP contribution in [0.2, 0.25) is 0 Å². The summed E-state index contributed by atoms with van der Waals surface area (Å²) < 4.78 is 0. The van der Waals surface area contributed by atoms with Gasteiger partial charge in [-0.05, 0) is 50.3 Å². The van der Waals surface area contributed by atoms with Crippen LogP contribution in [-0.4, -0.2) is 45.9 Å². The zero-order valence-corrected chi connectivity index (χ0v) is 15.6. The normalized spacial score (nSPS) is 24.1. The van der Waals surface area contributed by atoms with Crippen LogP contribution in [0.4, 0.5) is 0 Å². The average Bonchev–Trinajstić information content (AvgIpc) is 3.28. The van der Waals surface area contributed by atoms with Crippen molar-refractivity contribution < 1.29 is 4.79 Å². The van der Waals surface area contributed by atoms with Crippen molar-refractivity contribution in [2.75, 3.05) is 19.6 Å². The van der Waals surface area contributed by atoms with Gasteiger partial charge in [0.1, 0.15) is 5.69 Å². The SMILES string of the molecule is Cc1ccccc1CN1CCCC12CCCN(C(=O)c1cscn1)C2. The summed E-state index contributed by atoms with van der Waals surface area (Å²) >= 11 is 1.49. The monoisotopic (exact) mass is 355 g/mol. The van der Waals surface area contributed by atoms with E-state index in [-0.39, 0.29) is 11.4 Å². The van der Waals surface area contributed by atoms with Crippen molar-refractivity contribution in [3.63, 3.8) is 0 Å². The van der Waals surface area contributed by atoms with E-state index in [9.17, 15) is 4.79 Å². The number of carbonyl (C=O) groups is 1. The summed E-state index contributed by atoms with van der Waals surface area (Å²) in [6, 6.07) is 8.66. The Morgan fingerprint density at radius 1 is 1.24 bits per heavy atom. The van der Waals surface area contributed by atoms with E-state index in [2.05, 4.69) is 41.1 Å². The van der Waals surface area contributed by atoms with Gasteiger partial charge in [0.05, 0.1) is 5.51 Å². The van der Waals surface area contributed by atoms with Crippen LogP contribution in [0.3, 0.4) is 0 Å². The quantitative estimate of drug-likeness (QED) is 0.842. The molecule has 0 radical (unpaired) electrons. The fraction of sp³-hybridized carbons (Fsp3) is 0.500. The molecule has 5 heteroatoms. The zero-order valence-electron chi connectivity index (χ0n) is 14.8. The maximum Gasteiger partial charge on any atom is 0.273 e. The number of piperidine rings is 1. The number of nitrogens with zero attached hydrogens (tertiary/aromatic N) is 3. The van der Waals surface area contributed by atoms with E-state index in [4.69, 9.17) is 0 Å². The Balaban J connectivity index is 1.53. The highest BCUT2D eigenvalue weighted by Crippen LogP contribution is 2.38. The molecule has 1 aromatic heterocycles. The highest BCUT2D eigenvalue weighted by atomic mass is 32.1. The summed E-state index contributed by atoms with van der Waals surface area (Å²) in [5.74, 6) is 0.100. The molecule has 4 nitrogen and oxygen atoms in total. The second-order valence-corrected chi connectivity index (χ2v) is 8.10. The number of carbonyl (C=O) groups excluding carboxylic acids is 1. The van der Waals surface area contributed by atoms with Crippen LogP contribution in [0, 0.1) is 6.92 Å². The third-order valence-corrected chi connectivity index (χ3v) is 6.44. The van der Waals surface area contributed by atoms with Crippen LogP contribution in [0.5, 0.6) is 0 Å². The zero-order chi connectivity index (χ0) is 17.3. The Morgan fingerprint density at radius 3 is 2.80 bits per heavy atom. The van der Waals surface area contributed by atoms with Crippen molar-refractivity contribution in [3.8, 4) is 0 Å². The lowest BCUT2D eigenvalue weighted by molar-refractivity contribution is 0.0292. The molecule has 0 N–H and O–H groups in total. The lowest BCUT2D eigenvalue weighted by Crippen LogP contribution is -2.56.